The number of benzene rings is 2. The third-order valence-electron chi connectivity index (χ3n) is 3.91. The molecule has 0 bridgehead atoms. The number of nitrogen functional groups attached to an aromatic ring is 1. The SMILES string of the molecule is Nc1sc(-c2ccccc2)nc1-c1ccc(C2CC2)cc1. The van der Waals surface area contributed by atoms with Crippen LogP contribution in [-0.2, 0) is 0 Å². The number of hydrogen-bond acceptors (Lipinski definition) is 3. The van der Waals surface area contributed by atoms with E-state index in [9.17, 15) is 0 Å². The lowest BCUT2D eigenvalue weighted by Crippen LogP contribution is -1.87. The van der Waals surface area contributed by atoms with Gasteiger partial charge in [-0.1, -0.05) is 65.9 Å². The molecule has 1 fully saturated rings. The zero-order chi connectivity index (χ0) is 14.2. The highest BCUT2D eigenvalue weighted by molar-refractivity contribution is 7.19. The minimum atomic E-state index is 0.784. The van der Waals surface area contributed by atoms with Crippen LogP contribution < -0.4 is 5.73 Å². The van der Waals surface area contributed by atoms with E-state index in [1.807, 2.05) is 18.2 Å². The predicted molar refractivity (Wildman–Crippen MR) is 89.4 cm³/mol. The summed E-state index contributed by atoms with van der Waals surface area (Å²) < 4.78 is 0. The Balaban J connectivity index is 1.70. The molecule has 0 saturated heterocycles. The fourth-order valence-electron chi connectivity index (χ4n) is 2.57. The van der Waals surface area contributed by atoms with Crippen molar-refractivity contribution in [2.45, 2.75) is 18.8 Å². The molecule has 3 aromatic rings. The van der Waals surface area contributed by atoms with Crippen LogP contribution >= 0.6 is 11.3 Å². The van der Waals surface area contributed by atoms with Crippen molar-refractivity contribution >= 4 is 16.3 Å². The summed E-state index contributed by atoms with van der Waals surface area (Å²) in [5.74, 6) is 0.784. The molecule has 0 atom stereocenters. The molecule has 3 heteroatoms. The first-order chi connectivity index (χ1) is 10.3. The number of rotatable bonds is 3. The molecule has 21 heavy (non-hydrogen) atoms. The van der Waals surface area contributed by atoms with Crippen molar-refractivity contribution in [3.05, 3.63) is 60.2 Å². The van der Waals surface area contributed by atoms with Gasteiger partial charge in [-0.2, -0.15) is 0 Å². The van der Waals surface area contributed by atoms with Crippen LogP contribution in [0.4, 0.5) is 5.00 Å². The Morgan fingerprint density at radius 1 is 0.905 bits per heavy atom. The summed E-state index contributed by atoms with van der Waals surface area (Å²) >= 11 is 1.55. The molecule has 1 aliphatic carbocycles. The first-order valence-corrected chi connectivity index (χ1v) is 8.05. The highest BCUT2D eigenvalue weighted by atomic mass is 32.1. The summed E-state index contributed by atoms with van der Waals surface area (Å²) in [4.78, 5) is 4.73. The highest BCUT2D eigenvalue weighted by Gasteiger charge is 2.23. The van der Waals surface area contributed by atoms with Gasteiger partial charge in [-0.15, -0.1) is 0 Å². The first-order valence-electron chi connectivity index (χ1n) is 7.23. The van der Waals surface area contributed by atoms with Crippen molar-refractivity contribution in [2.75, 3.05) is 5.73 Å². The van der Waals surface area contributed by atoms with E-state index in [1.165, 1.54) is 18.4 Å². The van der Waals surface area contributed by atoms with Gasteiger partial charge >= 0.3 is 0 Å². The normalized spacial score (nSPS) is 14.3. The summed E-state index contributed by atoms with van der Waals surface area (Å²) in [5.41, 5.74) is 10.7. The second-order valence-electron chi connectivity index (χ2n) is 5.49. The number of nitrogens with zero attached hydrogens (tertiary/aromatic N) is 1. The van der Waals surface area contributed by atoms with Crippen LogP contribution in [0.15, 0.2) is 54.6 Å². The molecule has 0 aliphatic heterocycles. The molecule has 1 saturated carbocycles. The van der Waals surface area contributed by atoms with Crippen molar-refractivity contribution in [1.29, 1.82) is 0 Å². The van der Waals surface area contributed by atoms with E-state index in [0.29, 0.717) is 0 Å². The Morgan fingerprint density at radius 3 is 2.29 bits per heavy atom. The van der Waals surface area contributed by atoms with Gasteiger partial charge in [0.1, 0.15) is 15.7 Å². The van der Waals surface area contributed by atoms with E-state index in [0.717, 1.165) is 32.7 Å². The summed E-state index contributed by atoms with van der Waals surface area (Å²) in [6, 6.07) is 18.9. The first kappa shape index (κ1) is 12.6. The van der Waals surface area contributed by atoms with Gasteiger partial charge in [0.25, 0.3) is 0 Å². The van der Waals surface area contributed by atoms with Crippen LogP contribution in [-0.4, -0.2) is 4.98 Å². The average Bonchev–Trinajstić information content (AvgIpc) is 3.31. The van der Waals surface area contributed by atoms with Crippen LogP contribution in [0.5, 0.6) is 0 Å². The molecular weight excluding hydrogens is 276 g/mol. The van der Waals surface area contributed by atoms with Gasteiger partial charge in [-0.25, -0.2) is 4.98 Å². The monoisotopic (exact) mass is 292 g/mol. The van der Waals surface area contributed by atoms with Crippen LogP contribution in [0.2, 0.25) is 0 Å². The lowest BCUT2D eigenvalue weighted by atomic mass is 10.1. The van der Waals surface area contributed by atoms with Crippen LogP contribution in [0.1, 0.15) is 24.3 Å². The van der Waals surface area contributed by atoms with Gasteiger partial charge in [0.05, 0.1) is 0 Å². The van der Waals surface area contributed by atoms with Crippen LogP contribution in [0.25, 0.3) is 21.8 Å². The summed E-state index contributed by atoms with van der Waals surface area (Å²) in [6.07, 6.45) is 2.66. The van der Waals surface area contributed by atoms with Gasteiger partial charge in [0.2, 0.25) is 0 Å². The predicted octanol–water partition coefficient (Wildman–Crippen LogP) is 4.94. The maximum absolute atomic E-state index is 6.18. The fraction of sp³-hybridized carbons (Fsp3) is 0.167. The molecule has 2 N–H and O–H groups in total. The van der Waals surface area contributed by atoms with Crippen molar-refractivity contribution in [3.63, 3.8) is 0 Å². The van der Waals surface area contributed by atoms with Crippen LogP contribution in [0.3, 0.4) is 0 Å². The summed E-state index contributed by atoms with van der Waals surface area (Å²) in [6.45, 7) is 0. The molecule has 2 aromatic carbocycles. The van der Waals surface area contributed by atoms with Gasteiger partial charge in [-0.3, -0.25) is 0 Å². The minimum Gasteiger partial charge on any atom is -0.389 e. The minimum absolute atomic E-state index is 0.784. The second-order valence-corrected chi connectivity index (χ2v) is 6.52. The smallest absolute Gasteiger partial charge is 0.126 e. The number of aromatic nitrogens is 1. The molecular formula is C18H16N2S. The largest absolute Gasteiger partial charge is 0.389 e. The Labute approximate surface area is 128 Å². The molecule has 1 heterocycles. The molecule has 0 amide bonds. The molecule has 104 valence electrons. The van der Waals surface area contributed by atoms with Crippen molar-refractivity contribution < 1.29 is 0 Å². The maximum atomic E-state index is 6.18. The summed E-state index contributed by atoms with van der Waals surface area (Å²) in [7, 11) is 0. The van der Waals surface area contributed by atoms with Crippen molar-refractivity contribution in [3.8, 4) is 21.8 Å². The zero-order valence-corrected chi connectivity index (χ0v) is 12.4. The second kappa shape index (κ2) is 5.01. The van der Waals surface area contributed by atoms with E-state index >= 15 is 0 Å². The van der Waals surface area contributed by atoms with Crippen molar-refractivity contribution in [1.82, 2.24) is 4.98 Å². The topological polar surface area (TPSA) is 38.9 Å². The summed E-state index contributed by atoms with van der Waals surface area (Å²) in [5, 5.41) is 1.77. The Morgan fingerprint density at radius 2 is 1.62 bits per heavy atom. The third-order valence-corrected chi connectivity index (χ3v) is 4.84. The average molecular weight is 292 g/mol. The lowest BCUT2D eigenvalue weighted by molar-refractivity contribution is 1.13. The number of anilines is 1. The Bertz CT molecular complexity index is 756. The van der Waals surface area contributed by atoms with E-state index < -0.39 is 0 Å². The molecule has 0 unspecified atom stereocenters. The third kappa shape index (κ3) is 2.45. The van der Waals surface area contributed by atoms with Gasteiger partial charge in [0.15, 0.2) is 0 Å². The van der Waals surface area contributed by atoms with Gasteiger partial charge < -0.3 is 5.73 Å². The van der Waals surface area contributed by atoms with E-state index in [1.54, 1.807) is 11.3 Å². The number of thiazole rings is 1. The van der Waals surface area contributed by atoms with Gasteiger partial charge in [0, 0.05) is 11.1 Å². The quantitative estimate of drug-likeness (QED) is 0.743. The number of nitrogens with two attached hydrogens (primary N) is 1. The molecule has 4 rings (SSSR count). The highest BCUT2D eigenvalue weighted by Crippen LogP contribution is 2.41. The Hall–Kier alpha value is -2.13. The lowest BCUT2D eigenvalue weighted by Gasteiger charge is -2.01. The van der Waals surface area contributed by atoms with E-state index in [2.05, 4.69) is 36.4 Å². The van der Waals surface area contributed by atoms with E-state index in [-0.39, 0.29) is 0 Å². The zero-order valence-electron chi connectivity index (χ0n) is 11.6. The fourth-order valence-corrected chi connectivity index (χ4v) is 3.43. The molecule has 1 aliphatic rings. The number of hydrogen-bond donors (Lipinski definition) is 1. The van der Waals surface area contributed by atoms with Gasteiger partial charge in [-0.05, 0) is 24.3 Å². The molecule has 2 nitrogen and oxygen atoms in total. The maximum Gasteiger partial charge on any atom is 0.126 e. The Kier molecular flexibility index (Phi) is 3.00. The van der Waals surface area contributed by atoms with E-state index in [4.69, 9.17) is 10.7 Å². The molecule has 1 aromatic heterocycles. The molecule has 0 radical (unpaired) electrons. The molecule has 0 spiro atoms. The van der Waals surface area contributed by atoms with Crippen molar-refractivity contribution in [2.24, 2.45) is 0 Å². The standard InChI is InChI=1S/C18H16N2S/c19-17-16(14-10-8-13(9-11-14)12-6-7-12)20-18(21-17)15-4-2-1-3-5-15/h1-5,8-12H,6-7,19H2. The van der Waals surface area contributed by atoms with Crippen LogP contribution in [0, 0.1) is 0 Å².